The number of anilines is 2. The molecule has 3 rings (SSSR count). The standard InChI is InChI=1S/C20H23N3O4S/c1-23(14-9-5-3-7-12(14)18(21)25)11-16(24)22-19-17(20(26)27-2)13-8-4-6-10-15(13)28-19/h3,5,7,9H,4,6,8,10-11H2,1-2H3,(H2,21,25)(H,22,24). The average Bonchev–Trinajstić information content (AvgIpc) is 3.04. The van der Waals surface area contributed by atoms with Crippen LogP contribution >= 0.6 is 11.3 Å². The predicted octanol–water partition coefficient (Wildman–Crippen LogP) is 2.59. The van der Waals surface area contributed by atoms with E-state index < -0.39 is 11.9 Å². The van der Waals surface area contributed by atoms with Gasteiger partial charge >= 0.3 is 5.97 Å². The largest absolute Gasteiger partial charge is 0.465 e. The molecule has 148 valence electrons. The molecule has 0 fully saturated rings. The van der Waals surface area contributed by atoms with Crippen LogP contribution in [0.2, 0.25) is 0 Å². The molecule has 0 saturated carbocycles. The summed E-state index contributed by atoms with van der Waals surface area (Å²) in [5, 5.41) is 3.38. The molecule has 3 N–H and O–H groups in total. The first-order valence-corrected chi connectivity index (χ1v) is 9.86. The van der Waals surface area contributed by atoms with E-state index in [-0.39, 0.29) is 12.5 Å². The van der Waals surface area contributed by atoms with Gasteiger partial charge < -0.3 is 20.7 Å². The van der Waals surface area contributed by atoms with Crippen molar-refractivity contribution in [2.24, 2.45) is 5.73 Å². The van der Waals surface area contributed by atoms with Gasteiger partial charge in [0.1, 0.15) is 5.00 Å². The first kappa shape index (κ1) is 19.9. The van der Waals surface area contributed by atoms with Gasteiger partial charge in [0.15, 0.2) is 0 Å². The van der Waals surface area contributed by atoms with Crippen LogP contribution in [0.4, 0.5) is 10.7 Å². The van der Waals surface area contributed by atoms with E-state index in [0.29, 0.717) is 21.8 Å². The highest BCUT2D eigenvalue weighted by atomic mass is 32.1. The highest BCUT2D eigenvalue weighted by Crippen LogP contribution is 2.38. The number of hydrogen-bond donors (Lipinski definition) is 2. The Morgan fingerprint density at radius 2 is 1.93 bits per heavy atom. The lowest BCUT2D eigenvalue weighted by Crippen LogP contribution is -2.31. The SMILES string of the molecule is COC(=O)c1c(NC(=O)CN(C)c2ccccc2C(N)=O)sc2c1CCCC2. The molecular formula is C20H23N3O4S. The number of methoxy groups -OCH3 is 1. The zero-order chi connectivity index (χ0) is 20.3. The van der Waals surface area contributed by atoms with Gasteiger partial charge in [0, 0.05) is 17.6 Å². The second kappa shape index (κ2) is 8.43. The number of fused-ring (bicyclic) bond motifs is 1. The number of thiophene rings is 1. The van der Waals surface area contributed by atoms with E-state index in [1.165, 1.54) is 18.4 Å². The van der Waals surface area contributed by atoms with Gasteiger partial charge in [-0.3, -0.25) is 9.59 Å². The maximum atomic E-state index is 12.6. The van der Waals surface area contributed by atoms with E-state index in [0.717, 1.165) is 36.1 Å². The molecule has 0 unspecified atom stereocenters. The second-order valence-corrected chi connectivity index (χ2v) is 7.80. The van der Waals surface area contributed by atoms with Gasteiger partial charge in [0.2, 0.25) is 5.91 Å². The molecule has 2 aromatic rings. The van der Waals surface area contributed by atoms with Gasteiger partial charge in [0.25, 0.3) is 5.91 Å². The van der Waals surface area contributed by atoms with Crippen molar-refractivity contribution < 1.29 is 19.1 Å². The minimum atomic E-state index is -0.554. The van der Waals surface area contributed by atoms with Gasteiger partial charge in [-0.1, -0.05) is 12.1 Å². The van der Waals surface area contributed by atoms with Crippen molar-refractivity contribution >= 4 is 39.8 Å². The smallest absolute Gasteiger partial charge is 0.341 e. The number of nitrogens with one attached hydrogen (secondary N) is 1. The van der Waals surface area contributed by atoms with Crippen LogP contribution in [0.3, 0.4) is 0 Å². The molecule has 1 aliphatic carbocycles. The number of nitrogens with two attached hydrogens (primary N) is 1. The molecule has 7 nitrogen and oxygen atoms in total. The molecule has 0 aliphatic heterocycles. The molecule has 1 heterocycles. The maximum absolute atomic E-state index is 12.6. The normalized spacial score (nSPS) is 12.8. The number of primary amides is 1. The van der Waals surface area contributed by atoms with Crippen LogP contribution in [0.25, 0.3) is 0 Å². The van der Waals surface area contributed by atoms with Gasteiger partial charge in [-0.15, -0.1) is 11.3 Å². The van der Waals surface area contributed by atoms with Gasteiger partial charge in [-0.05, 0) is 43.4 Å². The highest BCUT2D eigenvalue weighted by Gasteiger charge is 2.27. The van der Waals surface area contributed by atoms with Gasteiger partial charge in [-0.2, -0.15) is 0 Å². The molecular weight excluding hydrogens is 378 g/mol. The quantitative estimate of drug-likeness (QED) is 0.725. The molecule has 1 aliphatic rings. The van der Waals surface area contributed by atoms with Crippen LogP contribution in [-0.4, -0.2) is 38.5 Å². The number of carbonyl (C=O) groups is 3. The first-order chi connectivity index (χ1) is 13.4. The van der Waals surface area contributed by atoms with Crippen molar-refractivity contribution in [1.29, 1.82) is 0 Å². The van der Waals surface area contributed by atoms with Crippen molar-refractivity contribution in [3.8, 4) is 0 Å². The Bertz CT molecular complexity index is 922. The number of likely N-dealkylation sites (N-methyl/N-ethyl adjacent to an activating group) is 1. The molecule has 0 saturated heterocycles. The summed E-state index contributed by atoms with van der Waals surface area (Å²) < 4.78 is 4.93. The molecule has 0 radical (unpaired) electrons. The van der Waals surface area contributed by atoms with Crippen LogP contribution in [0.5, 0.6) is 0 Å². The number of benzene rings is 1. The predicted molar refractivity (Wildman–Crippen MR) is 109 cm³/mol. The fourth-order valence-corrected chi connectivity index (χ4v) is 4.75. The summed E-state index contributed by atoms with van der Waals surface area (Å²) >= 11 is 1.44. The van der Waals surface area contributed by atoms with Crippen LogP contribution in [0.1, 0.15) is 44.0 Å². The Balaban J connectivity index is 1.79. The van der Waals surface area contributed by atoms with E-state index in [2.05, 4.69) is 5.32 Å². The Morgan fingerprint density at radius 3 is 2.64 bits per heavy atom. The molecule has 0 atom stereocenters. The zero-order valence-electron chi connectivity index (χ0n) is 15.9. The van der Waals surface area contributed by atoms with Crippen LogP contribution < -0.4 is 16.0 Å². The van der Waals surface area contributed by atoms with Gasteiger partial charge in [-0.25, -0.2) is 4.79 Å². The van der Waals surface area contributed by atoms with Crippen LogP contribution in [0.15, 0.2) is 24.3 Å². The van der Waals surface area contributed by atoms with E-state index >= 15 is 0 Å². The first-order valence-electron chi connectivity index (χ1n) is 9.05. The third-order valence-electron chi connectivity index (χ3n) is 4.78. The van der Waals surface area contributed by atoms with Crippen molar-refractivity contribution in [3.05, 3.63) is 45.8 Å². The van der Waals surface area contributed by atoms with Crippen molar-refractivity contribution in [2.75, 3.05) is 30.9 Å². The zero-order valence-corrected chi connectivity index (χ0v) is 16.7. The summed E-state index contributed by atoms with van der Waals surface area (Å²) in [4.78, 5) is 39.3. The number of esters is 1. The molecule has 1 aromatic carbocycles. The number of carbonyl (C=O) groups excluding carboxylic acids is 3. The summed E-state index contributed by atoms with van der Waals surface area (Å²) in [7, 11) is 3.05. The summed E-state index contributed by atoms with van der Waals surface area (Å²) in [6, 6.07) is 6.85. The Labute approximate surface area is 167 Å². The van der Waals surface area contributed by atoms with Crippen molar-refractivity contribution in [1.82, 2.24) is 0 Å². The fraction of sp³-hybridized carbons (Fsp3) is 0.350. The Kier molecular flexibility index (Phi) is 5.99. The Hall–Kier alpha value is -2.87. The van der Waals surface area contributed by atoms with Crippen LogP contribution in [0, 0.1) is 0 Å². The highest BCUT2D eigenvalue weighted by molar-refractivity contribution is 7.17. The number of ether oxygens (including phenoxy) is 1. The lowest BCUT2D eigenvalue weighted by molar-refractivity contribution is -0.114. The minimum absolute atomic E-state index is 0.00741. The van der Waals surface area contributed by atoms with Crippen LogP contribution in [-0.2, 0) is 22.4 Å². The fourth-order valence-electron chi connectivity index (χ4n) is 3.45. The van der Waals surface area contributed by atoms with E-state index in [1.807, 2.05) is 0 Å². The number of para-hydroxylation sites is 1. The monoisotopic (exact) mass is 401 g/mol. The number of hydrogen-bond acceptors (Lipinski definition) is 6. The summed E-state index contributed by atoms with van der Waals surface area (Å²) in [6.45, 7) is 0.00741. The second-order valence-electron chi connectivity index (χ2n) is 6.69. The number of aryl methyl sites for hydroxylation is 1. The summed E-state index contributed by atoms with van der Waals surface area (Å²) in [5.74, 6) is -1.27. The Morgan fingerprint density at radius 1 is 1.21 bits per heavy atom. The third-order valence-corrected chi connectivity index (χ3v) is 5.98. The topological polar surface area (TPSA) is 102 Å². The van der Waals surface area contributed by atoms with Crippen molar-refractivity contribution in [2.45, 2.75) is 25.7 Å². The van der Waals surface area contributed by atoms with Gasteiger partial charge in [0.05, 0.1) is 24.8 Å². The third kappa shape index (κ3) is 4.01. The summed E-state index contributed by atoms with van der Waals surface area (Å²) in [6.07, 6.45) is 3.83. The lowest BCUT2D eigenvalue weighted by atomic mass is 9.95. The minimum Gasteiger partial charge on any atom is -0.465 e. The number of amides is 2. The van der Waals surface area contributed by atoms with Crippen molar-refractivity contribution in [3.63, 3.8) is 0 Å². The summed E-state index contributed by atoms with van der Waals surface area (Å²) in [5.41, 5.74) is 7.79. The van der Waals surface area contributed by atoms with E-state index in [1.54, 1.807) is 36.2 Å². The molecule has 8 heteroatoms. The molecule has 1 aromatic heterocycles. The molecule has 28 heavy (non-hydrogen) atoms. The molecule has 0 spiro atoms. The lowest BCUT2D eigenvalue weighted by Gasteiger charge is -2.20. The number of rotatable bonds is 6. The van der Waals surface area contributed by atoms with E-state index in [4.69, 9.17) is 10.5 Å². The van der Waals surface area contributed by atoms with E-state index in [9.17, 15) is 14.4 Å². The average molecular weight is 401 g/mol. The number of nitrogens with zero attached hydrogens (tertiary/aromatic N) is 1. The molecule has 2 amide bonds. The maximum Gasteiger partial charge on any atom is 0.341 e. The molecule has 0 bridgehead atoms.